The summed E-state index contributed by atoms with van der Waals surface area (Å²) in [5.41, 5.74) is 2.08. The highest BCUT2D eigenvalue weighted by Gasteiger charge is 2.19. The number of rotatable bonds is 5. The molecule has 3 aromatic rings. The van der Waals surface area contributed by atoms with E-state index in [9.17, 15) is 9.59 Å². The van der Waals surface area contributed by atoms with Crippen LogP contribution in [0.4, 0.5) is 5.69 Å². The number of amides is 1. The van der Waals surface area contributed by atoms with E-state index in [-0.39, 0.29) is 30.0 Å². The zero-order chi connectivity index (χ0) is 19.6. The van der Waals surface area contributed by atoms with Crippen LogP contribution in [0.25, 0.3) is 11.0 Å². The van der Waals surface area contributed by atoms with Gasteiger partial charge in [-0.1, -0.05) is 19.1 Å². The van der Waals surface area contributed by atoms with E-state index in [1.54, 1.807) is 10.9 Å². The van der Waals surface area contributed by atoms with Gasteiger partial charge in [-0.15, -0.1) is 0 Å². The molecule has 7 heteroatoms. The van der Waals surface area contributed by atoms with Crippen LogP contribution in [0.15, 0.2) is 41.6 Å². The smallest absolute Gasteiger partial charge is 0.264 e. The largest absolute Gasteiger partial charge is 0.326 e. The van der Waals surface area contributed by atoms with E-state index in [1.165, 1.54) is 16.5 Å². The van der Waals surface area contributed by atoms with Gasteiger partial charge in [-0.3, -0.25) is 14.2 Å². The molecule has 0 unspecified atom stereocenters. The van der Waals surface area contributed by atoms with Gasteiger partial charge < -0.3 is 5.32 Å². The van der Waals surface area contributed by atoms with E-state index in [4.69, 9.17) is 0 Å². The van der Waals surface area contributed by atoms with Gasteiger partial charge in [-0.25, -0.2) is 9.67 Å². The van der Waals surface area contributed by atoms with Gasteiger partial charge in [0.2, 0.25) is 5.91 Å². The Balaban J connectivity index is 1.70. The molecule has 1 N–H and O–H groups in total. The van der Waals surface area contributed by atoms with E-state index in [0.29, 0.717) is 11.0 Å². The molecule has 1 aromatic carbocycles. The van der Waals surface area contributed by atoms with Crippen molar-refractivity contribution in [1.82, 2.24) is 19.3 Å². The van der Waals surface area contributed by atoms with Crippen LogP contribution in [0.3, 0.4) is 0 Å². The SMILES string of the molecule is CCc1ccc(NC(=O)CCn2cnc3c(cnn3C(C)(C)C)c2=O)cc1. The highest BCUT2D eigenvalue weighted by molar-refractivity contribution is 5.90. The first-order chi connectivity index (χ1) is 12.8. The van der Waals surface area contributed by atoms with Gasteiger partial charge in [-0.2, -0.15) is 5.10 Å². The fourth-order valence-corrected chi connectivity index (χ4v) is 2.87. The minimum atomic E-state index is -0.263. The third-order valence-corrected chi connectivity index (χ3v) is 4.42. The molecule has 0 fully saturated rings. The van der Waals surface area contributed by atoms with Gasteiger partial charge >= 0.3 is 0 Å². The molecular formula is C20H25N5O2. The quantitative estimate of drug-likeness (QED) is 0.752. The van der Waals surface area contributed by atoms with Gasteiger partial charge in [0.05, 0.1) is 18.1 Å². The molecule has 0 bridgehead atoms. The van der Waals surface area contributed by atoms with Crippen molar-refractivity contribution < 1.29 is 4.79 Å². The lowest BCUT2D eigenvalue weighted by molar-refractivity contribution is -0.116. The zero-order valence-corrected chi connectivity index (χ0v) is 16.2. The predicted octanol–water partition coefficient (Wildman–Crippen LogP) is 2.94. The molecule has 0 aliphatic heterocycles. The summed E-state index contributed by atoms with van der Waals surface area (Å²) in [6.07, 6.45) is 4.17. The van der Waals surface area contributed by atoms with Crippen LogP contribution in [0, 0.1) is 0 Å². The first kappa shape index (κ1) is 18.8. The minimum Gasteiger partial charge on any atom is -0.326 e. The number of benzene rings is 1. The molecule has 2 heterocycles. The molecule has 0 aliphatic rings. The molecule has 0 atom stereocenters. The van der Waals surface area contributed by atoms with Crippen LogP contribution >= 0.6 is 0 Å². The fraction of sp³-hybridized carbons (Fsp3) is 0.400. The molecule has 0 aliphatic carbocycles. The van der Waals surface area contributed by atoms with Gasteiger partial charge in [0.15, 0.2) is 5.65 Å². The monoisotopic (exact) mass is 367 g/mol. The molecule has 1 amide bonds. The Bertz CT molecular complexity index is 1010. The molecule has 27 heavy (non-hydrogen) atoms. The second kappa shape index (κ2) is 7.34. The fourth-order valence-electron chi connectivity index (χ4n) is 2.87. The summed E-state index contributed by atoms with van der Waals surface area (Å²) in [5, 5.41) is 7.61. The molecule has 142 valence electrons. The molecule has 0 saturated heterocycles. The van der Waals surface area contributed by atoms with Crippen molar-refractivity contribution in [2.75, 3.05) is 5.32 Å². The van der Waals surface area contributed by atoms with Crippen molar-refractivity contribution in [1.29, 1.82) is 0 Å². The molecule has 3 rings (SSSR count). The van der Waals surface area contributed by atoms with Crippen LogP contribution < -0.4 is 10.9 Å². The van der Waals surface area contributed by atoms with E-state index < -0.39 is 0 Å². The Morgan fingerprint density at radius 1 is 1.19 bits per heavy atom. The number of nitrogens with one attached hydrogen (secondary N) is 1. The standard InChI is InChI=1S/C20H25N5O2/c1-5-14-6-8-15(9-7-14)23-17(26)10-11-24-13-21-18-16(19(24)27)12-22-25(18)20(2,3)4/h6-9,12-13H,5,10-11H2,1-4H3,(H,23,26). The maximum absolute atomic E-state index is 12.6. The van der Waals surface area contributed by atoms with Crippen molar-refractivity contribution in [3.05, 3.63) is 52.7 Å². The Morgan fingerprint density at radius 3 is 2.52 bits per heavy atom. The van der Waals surface area contributed by atoms with Crippen LogP contribution in [-0.4, -0.2) is 25.2 Å². The average molecular weight is 367 g/mol. The Hall–Kier alpha value is -2.96. The molecule has 0 saturated carbocycles. The summed E-state index contributed by atoms with van der Waals surface area (Å²) in [6.45, 7) is 8.36. The predicted molar refractivity (Wildman–Crippen MR) is 106 cm³/mol. The third-order valence-electron chi connectivity index (χ3n) is 4.42. The Labute approximate surface area is 158 Å². The molecule has 2 aromatic heterocycles. The van der Waals surface area contributed by atoms with Crippen molar-refractivity contribution in [3.8, 4) is 0 Å². The summed E-state index contributed by atoms with van der Waals surface area (Å²) in [5.74, 6) is -0.142. The topological polar surface area (TPSA) is 81.8 Å². The van der Waals surface area contributed by atoms with Gasteiger partial charge in [0.1, 0.15) is 5.39 Å². The van der Waals surface area contributed by atoms with Crippen LogP contribution in [0.1, 0.15) is 39.7 Å². The van der Waals surface area contributed by atoms with Crippen molar-refractivity contribution >= 4 is 22.6 Å². The number of aromatic nitrogens is 4. The lowest BCUT2D eigenvalue weighted by atomic mass is 10.1. The van der Waals surface area contributed by atoms with Crippen LogP contribution in [0.2, 0.25) is 0 Å². The summed E-state index contributed by atoms with van der Waals surface area (Å²) >= 11 is 0. The lowest BCUT2D eigenvalue weighted by Gasteiger charge is -2.19. The summed E-state index contributed by atoms with van der Waals surface area (Å²) in [6, 6.07) is 7.75. The van der Waals surface area contributed by atoms with Gasteiger partial charge in [-0.05, 0) is 44.9 Å². The van der Waals surface area contributed by atoms with Crippen molar-refractivity contribution in [2.24, 2.45) is 0 Å². The number of nitrogens with zero attached hydrogens (tertiary/aromatic N) is 4. The van der Waals surface area contributed by atoms with E-state index in [1.807, 2.05) is 45.0 Å². The van der Waals surface area contributed by atoms with E-state index in [2.05, 4.69) is 22.3 Å². The van der Waals surface area contributed by atoms with Crippen LogP contribution in [0.5, 0.6) is 0 Å². The van der Waals surface area contributed by atoms with E-state index in [0.717, 1.165) is 12.1 Å². The molecule has 0 radical (unpaired) electrons. The van der Waals surface area contributed by atoms with Crippen molar-refractivity contribution in [2.45, 2.75) is 52.6 Å². The number of carbonyl (C=O) groups is 1. The molecule has 7 nitrogen and oxygen atoms in total. The normalized spacial score (nSPS) is 11.7. The van der Waals surface area contributed by atoms with Crippen LogP contribution in [-0.2, 0) is 23.3 Å². The van der Waals surface area contributed by atoms with Gasteiger partial charge in [0, 0.05) is 18.7 Å². The number of hydrogen-bond donors (Lipinski definition) is 1. The Morgan fingerprint density at radius 2 is 1.89 bits per heavy atom. The maximum Gasteiger partial charge on any atom is 0.264 e. The van der Waals surface area contributed by atoms with E-state index >= 15 is 0 Å². The third kappa shape index (κ3) is 4.07. The van der Waals surface area contributed by atoms with Gasteiger partial charge in [0.25, 0.3) is 5.56 Å². The summed E-state index contributed by atoms with van der Waals surface area (Å²) in [4.78, 5) is 29.2. The second-order valence-electron chi connectivity index (χ2n) is 7.56. The number of hydrogen-bond acceptors (Lipinski definition) is 4. The summed E-state index contributed by atoms with van der Waals surface area (Å²) < 4.78 is 3.19. The molecular weight excluding hydrogens is 342 g/mol. The minimum absolute atomic E-state index is 0.142. The zero-order valence-electron chi connectivity index (χ0n) is 16.2. The Kier molecular flexibility index (Phi) is 5.12. The van der Waals surface area contributed by atoms with Crippen molar-refractivity contribution in [3.63, 3.8) is 0 Å². The highest BCUT2D eigenvalue weighted by Crippen LogP contribution is 2.17. The first-order valence-corrected chi connectivity index (χ1v) is 9.12. The highest BCUT2D eigenvalue weighted by atomic mass is 16.2. The number of fused-ring (bicyclic) bond motifs is 1. The second-order valence-corrected chi connectivity index (χ2v) is 7.56. The number of anilines is 1. The number of aryl methyl sites for hydroxylation is 2. The molecule has 0 spiro atoms. The average Bonchev–Trinajstić information content (AvgIpc) is 3.07. The number of carbonyl (C=O) groups excluding carboxylic acids is 1. The lowest BCUT2D eigenvalue weighted by Crippen LogP contribution is -2.26. The summed E-state index contributed by atoms with van der Waals surface area (Å²) in [7, 11) is 0. The first-order valence-electron chi connectivity index (χ1n) is 9.12. The maximum atomic E-state index is 12.6.